The number of carbonyl (C=O) groups excluding carboxylic acids is 1. The van der Waals surface area contributed by atoms with Crippen molar-refractivity contribution in [1.29, 1.82) is 0 Å². The van der Waals surface area contributed by atoms with Gasteiger partial charge in [0.2, 0.25) is 0 Å². The summed E-state index contributed by atoms with van der Waals surface area (Å²) in [5.74, 6) is 1.83. The highest BCUT2D eigenvalue weighted by molar-refractivity contribution is 5.68. The van der Waals surface area contributed by atoms with Crippen molar-refractivity contribution in [3.63, 3.8) is 0 Å². The van der Waals surface area contributed by atoms with Gasteiger partial charge < -0.3 is 14.0 Å². The number of aromatic nitrogens is 3. The second-order valence-corrected chi connectivity index (χ2v) is 6.85. The van der Waals surface area contributed by atoms with Crippen LogP contribution in [0.2, 0.25) is 0 Å². The Kier molecular flexibility index (Phi) is 4.08. The number of ether oxygens (including phenoxy) is 2. The third kappa shape index (κ3) is 3.09. The molecular weight excluding hydrogens is 284 g/mol. The average Bonchev–Trinajstić information content (AvgIpc) is 2.89. The number of amides is 1. The molecule has 1 saturated heterocycles. The molecule has 1 unspecified atom stereocenters. The molecule has 3 rings (SSSR count). The van der Waals surface area contributed by atoms with Crippen molar-refractivity contribution in [3.05, 3.63) is 11.6 Å². The SMILES string of the molecule is CC(C)(C)OC(=O)N1CCOCC1c1nnc2n1CCCC2. The van der Waals surface area contributed by atoms with Gasteiger partial charge in [0, 0.05) is 19.5 Å². The topological polar surface area (TPSA) is 69.5 Å². The molecule has 0 radical (unpaired) electrons. The van der Waals surface area contributed by atoms with Gasteiger partial charge in [-0.1, -0.05) is 0 Å². The van der Waals surface area contributed by atoms with Crippen LogP contribution in [0.4, 0.5) is 4.79 Å². The van der Waals surface area contributed by atoms with Crippen molar-refractivity contribution in [2.24, 2.45) is 0 Å². The third-order valence-corrected chi connectivity index (χ3v) is 3.94. The smallest absolute Gasteiger partial charge is 0.411 e. The van der Waals surface area contributed by atoms with E-state index in [-0.39, 0.29) is 12.1 Å². The molecule has 0 saturated carbocycles. The van der Waals surface area contributed by atoms with E-state index in [9.17, 15) is 4.79 Å². The van der Waals surface area contributed by atoms with Crippen molar-refractivity contribution < 1.29 is 14.3 Å². The lowest BCUT2D eigenvalue weighted by molar-refractivity contribution is -0.0360. The first-order valence-electron chi connectivity index (χ1n) is 7.95. The highest BCUT2D eigenvalue weighted by atomic mass is 16.6. The van der Waals surface area contributed by atoms with Crippen molar-refractivity contribution in [2.45, 2.75) is 58.2 Å². The maximum absolute atomic E-state index is 12.5. The van der Waals surface area contributed by atoms with Gasteiger partial charge in [-0.3, -0.25) is 4.90 Å². The Bertz CT molecular complexity index is 549. The van der Waals surface area contributed by atoms with E-state index in [2.05, 4.69) is 14.8 Å². The largest absolute Gasteiger partial charge is 0.444 e. The van der Waals surface area contributed by atoms with E-state index in [0.717, 1.165) is 37.5 Å². The highest BCUT2D eigenvalue weighted by Crippen LogP contribution is 2.27. The molecule has 2 aliphatic rings. The lowest BCUT2D eigenvalue weighted by Crippen LogP contribution is -2.46. The minimum atomic E-state index is -0.510. The van der Waals surface area contributed by atoms with Crippen molar-refractivity contribution in [2.75, 3.05) is 19.8 Å². The minimum absolute atomic E-state index is 0.219. The summed E-state index contributed by atoms with van der Waals surface area (Å²) in [4.78, 5) is 14.2. The van der Waals surface area contributed by atoms with Crippen LogP contribution >= 0.6 is 0 Å². The molecule has 2 aliphatic heterocycles. The molecule has 7 heteroatoms. The quantitative estimate of drug-likeness (QED) is 0.793. The maximum Gasteiger partial charge on any atom is 0.411 e. The predicted molar refractivity (Wildman–Crippen MR) is 79.5 cm³/mol. The summed E-state index contributed by atoms with van der Waals surface area (Å²) in [7, 11) is 0. The van der Waals surface area contributed by atoms with E-state index in [1.165, 1.54) is 0 Å². The zero-order chi connectivity index (χ0) is 15.7. The fraction of sp³-hybridized carbons (Fsp3) is 0.800. The molecule has 1 aromatic rings. The first-order chi connectivity index (χ1) is 10.5. The van der Waals surface area contributed by atoms with Crippen LogP contribution in [0.15, 0.2) is 0 Å². The summed E-state index contributed by atoms with van der Waals surface area (Å²) in [6, 6.07) is -0.219. The lowest BCUT2D eigenvalue weighted by atomic mass is 10.1. The summed E-state index contributed by atoms with van der Waals surface area (Å²) in [6.07, 6.45) is 2.91. The molecule has 1 amide bonds. The van der Waals surface area contributed by atoms with Gasteiger partial charge in [0.15, 0.2) is 5.82 Å². The molecule has 0 bridgehead atoms. The first kappa shape index (κ1) is 15.3. The van der Waals surface area contributed by atoms with Gasteiger partial charge >= 0.3 is 6.09 Å². The number of carbonyl (C=O) groups is 1. The van der Waals surface area contributed by atoms with Crippen molar-refractivity contribution in [1.82, 2.24) is 19.7 Å². The average molecular weight is 308 g/mol. The van der Waals surface area contributed by atoms with Gasteiger partial charge in [-0.15, -0.1) is 10.2 Å². The zero-order valence-electron chi connectivity index (χ0n) is 13.5. The van der Waals surface area contributed by atoms with Crippen LogP contribution in [0.1, 0.15) is 51.3 Å². The summed E-state index contributed by atoms with van der Waals surface area (Å²) >= 11 is 0. The lowest BCUT2D eigenvalue weighted by Gasteiger charge is -2.36. The summed E-state index contributed by atoms with van der Waals surface area (Å²) in [5.41, 5.74) is -0.510. The number of hydrogen-bond donors (Lipinski definition) is 0. The predicted octanol–water partition coefficient (Wildman–Crippen LogP) is 1.92. The fourth-order valence-electron chi connectivity index (χ4n) is 2.93. The Labute approximate surface area is 130 Å². The molecule has 0 spiro atoms. The molecule has 3 heterocycles. The van der Waals surface area contributed by atoms with Gasteiger partial charge in [0.1, 0.15) is 17.5 Å². The Hall–Kier alpha value is -1.63. The molecule has 0 aliphatic carbocycles. The second kappa shape index (κ2) is 5.87. The van der Waals surface area contributed by atoms with Crippen LogP contribution in [0.25, 0.3) is 0 Å². The Morgan fingerprint density at radius 3 is 2.86 bits per heavy atom. The van der Waals surface area contributed by atoms with Crippen LogP contribution in [0, 0.1) is 0 Å². The van der Waals surface area contributed by atoms with Crippen LogP contribution in [-0.2, 0) is 22.4 Å². The second-order valence-electron chi connectivity index (χ2n) is 6.85. The van der Waals surface area contributed by atoms with E-state index in [1.54, 1.807) is 4.90 Å². The summed E-state index contributed by atoms with van der Waals surface area (Å²) in [6.45, 7) is 8.02. The Balaban J connectivity index is 1.84. The molecule has 1 aromatic heterocycles. The molecule has 0 N–H and O–H groups in total. The molecule has 22 heavy (non-hydrogen) atoms. The molecule has 122 valence electrons. The zero-order valence-corrected chi connectivity index (χ0v) is 13.5. The Morgan fingerprint density at radius 1 is 1.27 bits per heavy atom. The van der Waals surface area contributed by atoms with Crippen LogP contribution in [-0.4, -0.2) is 51.1 Å². The first-order valence-corrected chi connectivity index (χ1v) is 7.95. The third-order valence-electron chi connectivity index (χ3n) is 3.94. The molecule has 7 nitrogen and oxygen atoms in total. The van der Waals surface area contributed by atoms with Gasteiger partial charge in [-0.25, -0.2) is 4.79 Å². The number of morpholine rings is 1. The number of rotatable bonds is 1. The normalized spacial score (nSPS) is 22.3. The Morgan fingerprint density at radius 2 is 2.09 bits per heavy atom. The standard InChI is InChI=1S/C15H24N4O3/c1-15(2,3)22-14(20)18-8-9-21-10-11(18)13-17-16-12-6-4-5-7-19(12)13/h11H,4-10H2,1-3H3. The van der Waals surface area contributed by atoms with Gasteiger partial charge in [-0.05, 0) is 33.6 Å². The van der Waals surface area contributed by atoms with Crippen LogP contribution in [0.3, 0.4) is 0 Å². The van der Waals surface area contributed by atoms with E-state index in [4.69, 9.17) is 9.47 Å². The van der Waals surface area contributed by atoms with Crippen molar-refractivity contribution in [3.8, 4) is 0 Å². The fourth-order valence-corrected chi connectivity index (χ4v) is 2.93. The van der Waals surface area contributed by atoms with E-state index in [0.29, 0.717) is 19.8 Å². The number of hydrogen-bond acceptors (Lipinski definition) is 5. The van der Waals surface area contributed by atoms with Crippen molar-refractivity contribution >= 4 is 6.09 Å². The van der Waals surface area contributed by atoms with Crippen LogP contribution in [0.5, 0.6) is 0 Å². The molecule has 0 aromatic carbocycles. The van der Waals surface area contributed by atoms with E-state index < -0.39 is 5.60 Å². The summed E-state index contributed by atoms with van der Waals surface area (Å²) in [5, 5.41) is 8.61. The van der Waals surface area contributed by atoms with Crippen LogP contribution < -0.4 is 0 Å². The minimum Gasteiger partial charge on any atom is -0.444 e. The van der Waals surface area contributed by atoms with E-state index >= 15 is 0 Å². The van der Waals surface area contributed by atoms with Gasteiger partial charge in [-0.2, -0.15) is 0 Å². The van der Waals surface area contributed by atoms with E-state index in [1.807, 2.05) is 20.8 Å². The maximum atomic E-state index is 12.5. The number of aryl methyl sites for hydroxylation is 1. The molecule has 1 atom stereocenters. The number of nitrogens with zero attached hydrogens (tertiary/aromatic N) is 4. The van der Waals surface area contributed by atoms with Gasteiger partial charge in [0.25, 0.3) is 0 Å². The number of fused-ring (bicyclic) bond motifs is 1. The summed E-state index contributed by atoms with van der Waals surface area (Å²) < 4.78 is 13.2. The highest BCUT2D eigenvalue weighted by Gasteiger charge is 2.35. The molecule has 1 fully saturated rings. The molecular formula is C15H24N4O3. The van der Waals surface area contributed by atoms with Gasteiger partial charge in [0.05, 0.1) is 13.2 Å². The monoisotopic (exact) mass is 308 g/mol.